The van der Waals surface area contributed by atoms with Crippen LogP contribution in [0.4, 0.5) is 0 Å². The van der Waals surface area contributed by atoms with Crippen molar-refractivity contribution in [3.05, 3.63) is 40.8 Å². The first-order valence-corrected chi connectivity index (χ1v) is 7.49. The fourth-order valence-corrected chi connectivity index (χ4v) is 2.90. The maximum absolute atomic E-state index is 12.0. The second kappa shape index (κ2) is 5.54. The van der Waals surface area contributed by atoms with Crippen molar-refractivity contribution in [2.45, 2.75) is 6.92 Å². The molecular weight excluding hydrogens is 264 g/mol. The van der Waals surface area contributed by atoms with Gasteiger partial charge in [0.05, 0.1) is 6.54 Å². The van der Waals surface area contributed by atoms with Crippen LogP contribution in [0.1, 0.15) is 11.1 Å². The molecule has 1 aliphatic rings. The molecule has 0 aromatic heterocycles. The zero-order chi connectivity index (χ0) is 13.9. The number of aryl methyl sites for hydroxylation is 1. The minimum absolute atomic E-state index is 0.111. The molecule has 0 atom stereocenters. The quantitative estimate of drug-likeness (QED) is 0.887. The summed E-state index contributed by atoms with van der Waals surface area (Å²) in [4.78, 5) is 11.2. The topological polar surface area (TPSA) is 66.5 Å². The summed E-state index contributed by atoms with van der Waals surface area (Å²) in [5.74, 6) is -0.265. The molecular formula is C13H16N2O3S. The van der Waals surface area contributed by atoms with E-state index in [4.69, 9.17) is 0 Å². The summed E-state index contributed by atoms with van der Waals surface area (Å²) in [5.41, 5.74) is 1.93. The summed E-state index contributed by atoms with van der Waals surface area (Å²) >= 11 is 0. The predicted molar refractivity (Wildman–Crippen MR) is 73.7 cm³/mol. The Bertz CT molecular complexity index is 591. The van der Waals surface area contributed by atoms with Gasteiger partial charge in [0.2, 0.25) is 15.9 Å². The third kappa shape index (κ3) is 3.65. The zero-order valence-corrected chi connectivity index (χ0v) is 11.5. The lowest BCUT2D eigenvalue weighted by Gasteiger charge is -2.24. The van der Waals surface area contributed by atoms with E-state index >= 15 is 0 Å². The second-order valence-electron chi connectivity index (χ2n) is 4.44. The highest BCUT2D eigenvalue weighted by Gasteiger charge is 2.25. The van der Waals surface area contributed by atoms with Crippen LogP contribution in [0.25, 0.3) is 6.08 Å². The first-order valence-electron chi connectivity index (χ1n) is 5.99. The second-order valence-corrected chi connectivity index (χ2v) is 6.26. The monoisotopic (exact) mass is 280 g/mol. The van der Waals surface area contributed by atoms with Gasteiger partial charge in [-0.1, -0.05) is 29.8 Å². The van der Waals surface area contributed by atoms with E-state index in [0.717, 1.165) is 16.5 Å². The fourth-order valence-electron chi connectivity index (χ4n) is 1.76. The average Bonchev–Trinajstić information content (AvgIpc) is 2.38. The van der Waals surface area contributed by atoms with Gasteiger partial charge in [0.1, 0.15) is 0 Å². The molecule has 1 aromatic rings. The smallest absolute Gasteiger partial charge is 0.236 e. The minimum atomic E-state index is -3.53. The van der Waals surface area contributed by atoms with E-state index in [1.807, 2.05) is 31.2 Å². The molecule has 2 rings (SSSR count). The van der Waals surface area contributed by atoms with Crippen molar-refractivity contribution in [2.75, 3.05) is 19.6 Å². The standard InChI is InChI=1S/C13H16N2O3S/c1-11-2-4-12(5-3-11)6-9-19(17,18)15-8-7-14-13(16)10-15/h2-6,9H,7-8,10H2,1H3,(H,14,16)/b9-6+. The van der Waals surface area contributed by atoms with Gasteiger partial charge >= 0.3 is 0 Å². The third-order valence-electron chi connectivity index (χ3n) is 2.87. The Morgan fingerprint density at radius 3 is 2.58 bits per heavy atom. The first kappa shape index (κ1) is 13.8. The van der Waals surface area contributed by atoms with Gasteiger partial charge in [-0.05, 0) is 18.6 Å². The minimum Gasteiger partial charge on any atom is -0.354 e. The van der Waals surface area contributed by atoms with E-state index in [-0.39, 0.29) is 12.5 Å². The molecule has 1 saturated heterocycles. The van der Waals surface area contributed by atoms with Gasteiger partial charge in [-0.2, -0.15) is 4.31 Å². The summed E-state index contributed by atoms with van der Waals surface area (Å²) in [6.45, 7) is 2.53. The highest BCUT2D eigenvalue weighted by Crippen LogP contribution is 2.10. The molecule has 102 valence electrons. The van der Waals surface area contributed by atoms with Crippen LogP contribution in [0.5, 0.6) is 0 Å². The van der Waals surface area contributed by atoms with Crippen LogP contribution in [-0.2, 0) is 14.8 Å². The summed E-state index contributed by atoms with van der Waals surface area (Å²) in [7, 11) is -3.53. The number of hydrogen-bond donors (Lipinski definition) is 1. The molecule has 1 heterocycles. The van der Waals surface area contributed by atoms with Gasteiger partial charge < -0.3 is 5.32 Å². The Morgan fingerprint density at radius 2 is 1.95 bits per heavy atom. The Kier molecular flexibility index (Phi) is 4.01. The summed E-state index contributed by atoms with van der Waals surface area (Å²) < 4.78 is 25.2. The molecule has 1 aromatic carbocycles. The molecule has 0 saturated carbocycles. The van der Waals surface area contributed by atoms with Crippen LogP contribution in [0.3, 0.4) is 0 Å². The SMILES string of the molecule is Cc1ccc(/C=C/S(=O)(=O)N2CCNC(=O)C2)cc1. The molecule has 1 N–H and O–H groups in total. The third-order valence-corrected chi connectivity index (χ3v) is 4.38. The van der Waals surface area contributed by atoms with E-state index < -0.39 is 10.0 Å². The van der Waals surface area contributed by atoms with E-state index in [0.29, 0.717) is 13.1 Å². The number of carbonyl (C=O) groups is 1. The van der Waals surface area contributed by atoms with Crippen molar-refractivity contribution in [1.82, 2.24) is 9.62 Å². The number of rotatable bonds is 3. The van der Waals surface area contributed by atoms with Crippen LogP contribution in [-0.4, -0.2) is 38.3 Å². The van der Waals surface area contributed by atoms with Gasteiger partial charge in [0, 0.05) is 18.5 Å². The van der Waals surface area contributed by atoms with Gasteiger partial charge in [-0.3, -0.25) is 4.79 Å². The number of piperazine rings is 1. The predicted octanol–water partition coefficient (Wildman–Crippen LogP) is 0.727. The molecule has 0 spiro atoms. The van der Waals surface area contributed by atoms with Gasteiger partial charge in [-0.15, -0.1) is 0 Å². The average molecular weight is 280 g/mol. The summed E-state index contributed by atoms with van der Waals surface area (Å²) in [6.07, 6.45) is 1.54. The largest absolute Gasteiger partial charge is 0.354 e. The molecule has 19 heavy (non-hydrogen) atoms. The molecule has 0 radical (unpaired) electrons. The van der Waals surface area contributed by atoms with Crippen LogP contribution < -0.4 is 5.32 Å². The molecule has 0 aliphatic carbocycles. The molecule has 0 unspecified atom stereocenters. The lowest BCUT2D eigenvalue weighted by molar-refractivity contribution is -0.122. The molecule has 1 aliphatic heterocycles. The molecule has 0 bridgehead atoms. The molecule has 5 nitrogen and oxygen atoms in total. The van der Waals surface area contributed by atoms with Gasteiger partial charge in [-0.25, -0.2) is 8.42 Å². The Morgan fingerprint density at radius 1 is 1.26 bits per heavy atom. The summed E-state index contributed by atoms with van der Waals surface area (Å²) in [6, 6.07) is 7.54. The zero-order valence-electron chi connectivity index (χ0n) is 10.7. The van der Waals surface area contributed by atoms with Crippen LogP contribution in [0.2, 0.25) is 0 Å². The lowest BCUT2D eigenvalue weighted by Crippen LogP contribution is -2.49. The number of nitrogens with zero attached hydrogens (tertiary/aromatic N) is 1. The number of amides is 1. The number of carbonyl (C=O) groups excluding carboxylic acids is 1. The highest BCUT2D eigenvalue weighted by molar-refractivity contribution is 7.92. The molecule has 1 amide bonds. The summed E-state index contributed by atoms with van der Waals surface area (Å²) in [5, 5.41) is 3.74. The lowest BCUT2D eigenvalue weighted by atomic mass is 10.2. The van der Waals surface area contributed by atoms with E-state index in [9.17, 15) is 13.2 Å². The number of benzene rings is 1. The van der Waals surface area contributed by atoms with E-state index in [2.05, 4.69) is 5.32 Å². The van der Waals surface area contributed by atoms with Crippen LogP contribution in [0, 0.1) is 6.92 Å². The molecule has 6 heteroatoms. The number of nitrogens with one attached hydrogen (secondary N) is 1. The Labute approximate surface area is 113 Å². The van der Waals surface area contributed by atoms with Crippen molar-refractivity contribution in [1.29, 1.82) is 0 Å². The fraction of sp³-hybridized carbons (Fsp3) is 0.308. The van der Waals surface area contributed by atoms with Crippen molar-refractivity contribution in [3.63, 3.8) is 0 Å². The van der Waals surface area contributed by atoms with Crippen molar-refractivity contribution < 1.29 is 13.2 Å². The maximum Gasteiger partial charge on any atom is 0.236 e. The Hall–Kier alpha value is -1.66. The first-order chi connectivity index (χ1) is 8.97. The van der Waals surface area contributed by atoms with Gasteiger partial charge in [0.25, 0.3) is 0 Å². The Balaban J connectivity index is 2.12. The maximum atomic E-state index is 12.0. The van der Waals surface area contributed by atoms with E-state index in [1.54, 1.807) is 6.08 Å². The van der Waals surface area contributed by atoms with Gasteiger partial charge in [0.15, 0.2) is 0 Å². The van der Waals surface area contributed by atoms with Crippen molar-refractivity contribution >= 4 is 22.0 Å². The highest BCUT2D eigenvalue weighted by atomic mass is 32.2. The number of hydrogen-bond acceptors (Lipinski definition) is 3. The van der Waals surface area contributed by atoms with Crippen LogP contribution in [0.15, 0.2) is 29.7 Å². The van der Waals surface area contributed by atoms with Crippen molar-refractivity contribution in [2.24, 2.45) is 0 Å². The number of sulfonamides is 1. The van der Waals surface area contributed by atoms with Crippen LogP contribution >= 0.6 is 0 Å². The normalized spacial score (nSPS) is 17.6. The van der Waals surface area contributed by atoms with E-state index in [1.165, 1.54) is 4.31 Å². The molecule has 1 fully saturated rings. The van der Waals surface area contributed by atoms with Crippen molar-refractivity contribution in [3.8, 4) is 0 Å².